The Morgan fingerprint density at radius 3 is 2.59 bits per heavy atom. The molecule has 3 N–H and O–H groups in total. The van der Waals surface area contributed by atoms with Crippen LogP contribution in [0.4, 0.5) is 0 Å². The molecule has 0 aliphatic rings. The van der Waals surface area contributed by atoms with Gasteiger partial charge in [-0.05, 0) is 0 Å². The van der Waals surface area contributed by atoms with E-state index in [0.29, 0.717) is 0 Å². The third-order valence-electron chi connectivity index (χ3n) is 1.74. The van der Waals surface area contributed by atoms with Crippen LogP contribution in [0.1, 0.15) is 6.42 Å². The van der Waals surface area contributed by atoms with Crippen LogP contribution in [0.2, 0.25) is 0 Å². The molecule has 0 aliphatic carbocycles. The van der Waals surface area contributed by atoms with E-state index in [1.54, 1.807) is 0 Å². The second kappa shape index (κ2) is 8.13. The second-order valence-electron chi connectivity index (χ2n) is 3.05. The van der Waals surface area contributed by atoms with Crippen molar-refractivity contribution in [3.8, 4) is 12.3 Å². The quantitative estimate of drug-likeness (QED) is 0.280. The Morgan fingerprint density at radius 2 is 2.12 bits per heavy atom. The van der Waals surface area contributed by atoms with E-state index in [1.165, 1.54) is 0 Å². The number of nitrogens with one attached hydrogen (secondary N) is 2. The number of terminal acetylenes is 1. The van der Waals surface area contributed by atoms with Gasteiger partial charge < -0.3 is 15.2 Å². The summed E-state index contributed by atoms with van der Waals surface area (Å²) in [5.74, 6) is -0.318. The lowest BCUT2D eigenvalue weighted by molar-refractivity contribution is -0.148. The van der Waals surface area contributed by atoms with Crippen molar-refractivity contribution in [2.75, 3.05) is 20.2 Å². The zero-order chi connectivity index (χ0) is 13.3. The van der Waals surface area contributed by atoms with Crippen molar-refractivity contribution in [2.24, 2.45) is 0 Å². The van der Waals surface area contributed by atoms with Crippen LogP contribution in [-0.2, 0) is 19.1 Å². The number of carboxylic acids is 1. The number of methoxy groups -OCH3 is 1. The number of carbonyl (C=O) groups is 3. The summed E-state index contributed by atoms with van der Waals surface area (Å²) in [6.45, 7) is 0.0807. The van der Waals surface area contributed by atoms with Gasteiger partial charge in [0.15, 0.2) is 0 Å². The molecule has 0 saturated heterocycles. The Kier molecular flexibility index (Phi) is 7.14. The molecule has 0 aliphatic heterocycles. The Hall–Kier alpha value is -2.07. The Labute approximate surface area is 98.5 Å². The maximum Gasteiger partial charge on any atom is 0.326 e. The summed E-state index contributed by atoms with van der Waals surface area (Å²) in [5.41, 5.74) is 0. The number of carbonyl (C=O) groups excluding carboxylic acids is 2. The molecule has 1 atom stereocenters. The number of hydrogen-bond acceptors (Lipinski definition) is 5. The minimum atomic E-state index is -1.30. The van der Waals surface area contributed by atoms with Crippen molar-refractivity contribution in [3.05, 3.63) is 0 Å². The molecule has 0 aromatic heterocycles. The van der Waals surface area contributed by atoms with Crippen LogP contribution in [0.15, 0.2) is 0 Å². The lowest BCUT2D eigenvalue weighted by atomic mass is 10.2. The highest BCUT2D eigenvalue weighted by Crippen LogP contribution is 1.94. The van der Waals surface area contributed by atoms with E-state index in [2.05, 4.69) is 21.3 Å². The Morgan fingerprint density at radius 1 is 1.47 bits per heavy atom. The van der Waals surface area contributed by atoms with Crippen LogP contribution in [0.25, 0.3) is 0 Å². The number of ether oxygens (including phenoxy) is 1. The molecule has 7 nitrogen and oxygen atoms in total. The van der Waals surface area contributed by atoms with E-state index in [4.69, 9.17) is 11.5 Å². The van der Waals surface area contributed by atoms with Crippen LogP contribution < -0.4 is 10.6 Å². The monoisotopic (exact) mass is 242 g/mol. The number of rotatable bonds is 7. The molecule has 0 rings (SSSR count). The van der Waals surface area contributed by atoms with Gasteiger partial charge in [0, 0.05) is 0 Å². The molecular weight excluding hydrogens is 228 g/mol. The zero-order valence-corrected chi connectivity index (χ0v) is 9.36. The van der Waals surface area contributed by atoms with Crippen molar-refractivity contribution in [2.45, 2.75) is 12.5 Å². The lowest BCUT2D eigenvalue weighted by Gasteiger charge is -2.13. The summed E-state index contributed by atoms with van der Waals surface area (Å²) in [4.78, 5) is 32.9. The molecule has 1 amide bonds. The van der Waals surface area contributed by atoms with Gasteiger partial charge in [0.1, 0.15) is 6.04 Å². The Bertz CT molecular complexity index is 334. The summed E-state index contributed by atoms with van der Waals surface area (Å²) in [5, 5.41) is 13.5. The molecular formula is C10H14N2O5. The number of esters is 1. The summed E-state index contributed by atoms with van der Waals surface area (Å²) < 4.78 is 4.32. The van der Waals surface area contributed by atoms with Crippen molar-refractivity contribution in [1.29, 1.82) is 0 Å². The largest absolute Gasteiger partial charge is 0.480 e. The molecule has 0 radical (unpaired) electrons. The molecule has 17 heavy (non-hydrogen) atoms. The molecule has 0 bridgehead atoms. The highest BCUT2D eigenvalue weighted by molar-refractivity contribution is 5.87. The molecule has 94 valence electrons. The van der Waals surface area contributed by atoms with Crippen LogP contribution in [0, 0.1) is 12.3 Å². The van der Waals surface area contributed by atoms with E-state index in [1.807, 2.05) is 0 Å². The fourth-order valence-corrected chi connectivity index (χ4v) is 0.944. The zero-order valence-electron chi connectivity index (χ0n) is 9.36. The first kappa shape index (κ1) is 14.9. The highest BCUT2D eigenvalue weighted by atomic mass is 16.5. The van der Waals surface area contributed by atoms with Gasteiger partial charge in [0.25, 0.3) is 0 Å². The lowest BCUT2D eigenvalue weighted by Crippen LogP contribution is -2.45. The highest BCUT2D eigenvalue weighted by Gasteiger charge is 2.23. The smallest absolute Gasteiger partial charge is 0.326 e. The number of aliphatic carboxylic acids is 1. The van der Waals surface area contributed by atoms with Gasteiger partial charge in [-0.2, -0.15) is 0 Å². The topological polar surface area (TPSA) is 105 Å². The minimum absolute atomic E-state index is 0.116. The van der Waals surface area contributed by atoms with E-state index in [0.717, 1.165) is 7.11 Å². The first-order valence-corrected chi connectivity index (χ1v) is 4.74. The number of carboxylic acid groups (broad SMARTS) is 1. The predicted molar refractivity (Wildman–Crippen MR) is 57.9 cm³/mol. The van der Waals surface area contributed by atoms with Gasteiger partial charge >= 0.3 is 11.9 Å². The van der Waals surface area contributed by atoms with Crippen LogP contribution in [0.5, 0.6) is 0 Å². The van der Waals surface area contributed by atoms with Gasteiger partial charge in [-0.25, -0.2) is 4.79 Å². The van der Waals surface area contributed by atoms with Gasteiger partial charge in [-0.1, -0.05) is 5.92 Å². The van der Waals surface area contributed by atoms with Gasteiger partial charge in [0.2, 0.25) is 5.91 Å². The van der Waals surface area contributed by atoms with Crippen molar-refractivity contribution >= 4 is 17.8 Å². The fraction of sp³-hybridized carbons (Fsp3) is 0.500. The molecule has 0 unspecified atom stereocenters. The first-order valence-electron chi connectivity index (χ1n) is 4.74. The third kappa shape index (κ3) is 6.92. The Balaban J connectivity index is 4.17. The summed E-state index contributed by atoms with van der Waals surface area (Å²) in [7, 11) is 1.14. The SMILES string of the molecule is C#CCNCC(=O)N[C@@H](CC(=O)OC)C(=O)O. The van der Waals surface area contributed by atoms with E-state index >= 15 is 0 Å². The average Bonchev–Trinajstić information content (AvgIpc) is 2.28. The summed E-state index contributed by atoms with van der Waals surface area (Å²) in [6.07, 6.45) is 4.52. The fourth-order valence-electron chi connectivity index (χ4n) is 0.944. The van der Waals surface area contributed by atoms with E-state index in [9.17, 15) is 14.4 Å². The average molecular weight is 242 g/mol. The van der Waals surface area contributed by atoms with Gasteiger partial charge in [-0.15, -0.1) is 6.42 Å². The maximum absolute atomic E-state index is 11.2. The van der Waals surface area contributed by atoms with Crippen molar-refractivity contribution in [3.63, 3.8) is 0 Å². The third-order valence-corrected chi connectivity index (χ3v) is 1.74. The molecule has 0 heterocycles. The number of hydrogen-bond donors (Lipinski definition) is 3. The van der Waals surface area contributed by atoms with Crippen LogP contribution in [0.3, 0.4) is 0 Å². The molecule has 7 heteroatoms. The van der Waals surface area contributed by atoms with E-state index < -0.39 is 30.3 Å². The number of amides is 1. The van der Waals surface area contributed by atoms with Crippen LogP contribution >= 0.6 is 0 Å². The molecule has 0 saturated carbocycles. The van der Waals surface area contributed by atoms with Crippen LogP contribution in [-0.4, -0.2) is 49.2 Å². The van der Waals surface area contributed by atoms with E-state index in [-0.39, 0.29) is 13.1 Å². The van der Waals surface area contributed by atoms with Crippen molar-refractivity contribution in [1.82, 2.24) is 10.6 Å². The minimum Gasteiger partial charge on any atom is -0.480 e. The summed E-state index contributed by atoms with van der Waals surface area (Å²) in [6, 6.07) is -1.30. The first-order chi connectivity index (χ1) is 8.01. The molecule has 0 spiro atoms. The normalized spacial score (nSPS) is 11.1. The predicted octanol–water partition coefficient (Wildman–Crippen LogP) is -1.66. The summed E-state index contributed by atoms with van der Waals surface area (Å²) >= 11 is 0. The van der Waals surface area contributed by atoms with Gasteiger partial charge in [0.05, 0.1) is 26.6 Å². The molecule has 0 fully saturated rings. The van der Waals surface area contributed by atoms with Gasteiger partial charge in [-0.3, -0.25) is 14.9 Å². The second-order valence-corrected chi connectivity index (χ2v) is 3.05. The molecule has 0 aromatic rings. The standard InChI is InChI=1S/C10H14N2O5/c1-3-4-11-6-8(13)12-7(10(15)16)5-9(14)17-2/h1,7,11H,4-6H2,2H3,(H,12,13)(H,15,16)/t7-/m0/s1. The van der Waals surface area contributed by atoms with Crippen molar-refractivity contribution < 1.29 is 24.2 Å². The maximum atomic E-state index is 11.2. The molecule has 0 aromatic carbocycles.